The summed E-state index contributed by atoms with van der Waals surface area (Å²) in [5.74, 6) is -0.180. The van der Waals surface area contributed by atoms with E-state index in [4.69, 9.17) is 14.7 Å². The zero-order chi connectivity index (χ0) is 18.1. The molecule has 0 amide bonds. The lowest BCUT2D eigenvalue weighted by Crippen LogP contribution is -2.27. The van der Waals surface area contributed by atoms with Gasteiger partial charge in [-0.3, -0.25) is 4.79 Å². The van der Waals surface area contributed by atoms with E-state index in [0.717, 1.165) is 40.8 Å². The number of esters is 1. The predicted octanol–water partition coefficient (Wildman–Crippen LogP) is 4.65. The molecule has 1 aromatic heterocycles. The number of fused-ring (bicyclic) bond motifs is 4. The first-order valence-corrected chi connectivity index (χ1v) is 9.13. The van der Waals surface area contributed by atoms with E-state index >= 15 is 0 Å². The van der Waals surface area contributed by atoms with Crippen LogP contribution in [0.1, 0.15) is 43.9 Å². The molecule has 2 aromatic carbocycles. The number of para-hydroxylation sites is 2. The Kier molecular flexibility index (Phi) is 4.19. The van der Waals surface area contributed by atoms with Gasteiger partial charge >= 0.3 is 5.97 Å². The zero-order valence-corrected chi connectivity index (χ0v) is 15.2. The maximum absolute atomic E-state index is 11.9. The molecule has 1 unspecified atom stereocenters. The lowest BCUT2D eigenvalue weighted by atomic mass is 9.73. The Morgan fingerprint density at radius 3 is 2.42 bits per heavy atom. The van der Waals surface area contributed by atoms with Gasteiger partial charge in [-0.25, -0.2) is 9.97 Å². The molecule has 4 nitrogen and oxygen atoms in total. The highest BCUT2D eigenvalue weighted by Crippen LogP contribution is 2.52. The van der Waals surface area contributed by atoms with Gasteiger partial charge in [-0.05, 0) is 30.5 Å². The summed E-state index contributed by atoms with van der Waals surface area (Å²) in [5, 5.41) is 0. The summed E-state index contributed by atoms with van der Waals surface area (Å²) in [6.45, 7) is 2.18. The summed E-state index contributed by atoms with van der Waals surface area (Å²) in [5.41, 5.74) is 5.85. The lowest BCUT2D eigenvalue weighted by Gasteiger charge is -2.30. The van der Waals surface area contributed by atoms with Crippen molar-refractivity contribution in [1.29, 1.82) is 0 Å². The van der Waals surface area contributed by atoms with Gasteiger partial charge in [0.15, 0.2) is 0 Å². The molecule has 0 fully saturated rings. The highest BCUT2D eigenvalue weighted by molar-refractivity contribution is 5.84. The number of benzene rings is 2. The van der Waals surface area contributed by atoms with Crippen LogP contribution in [0.4, 0.5) is 0 Å². The third-order valence-electron chi connectivity index (χ3n) is 5.38. The van der Waals surface area contributed by atoms with Crippen LogP contribution in [0.15, 0.2) is 48.5 Å². The van der Waals surface area contributed by atoms with Crippen molar-refractivity contribution in [3.8, 4) is 11.3 Å². The minimum absolute atomic E-state index is 0.180. The number of carbonyl (C=O) groups excluding carboxylic acids is 1. The van der Waals surface area contributed by atoms with E-state index in [1.165, 1.54) is 12.7 Å². The van der Waals surface area contributed by atoms with Crippen molar-refractivity contribution in [2.75, 3.05) is 7.11 Å². The molecule has 0 spiro atoms. The fraction of sp³-hybridized carbons (Fsp3) is 0.318. The van der Waals surface area contributed by atoms with Gasteiger partial charge in [0.2, 0.25) is 0 Å². The highest BCUT2D eigenvalue weighted by atomic mass is 16.5. The summed E-state index contributed by atoms with van der Waals surface area (Å²) in [7, 11) is 1.44. The van der Waals surface area contributed by atoms with Gasteiger partial charge in [-0.1, -0.05) is 49.7 Å². The summed E-state index contributed by atoms with van der Waals surface area (Å²) in [6.07, 6.45) is 2.99. The van der Waals surface area contributed by atoms with Gasteiger partial charge in [-0.2, -0.15) is 0 Å². The number of rotatable bonds is 5. The third kappa shape index (κ3) is 2.48. The largest absolute Gasteiger partial charge is 0.469 e. The van der Waals surface area contributed by atoms with Gasteiger partial charge in [-0.15, -0.1) is 0 Å². The molecule has 132 valence electrons. The maximum atomic E-state index is 11.9. The van der Waals surface area contributed by atoms with E-state index in [0.29, 0.717) is 12.8 Å². The molecule has 4 heteroatoms. The Morgan fingerprint density at radius 1 is 1.00 bits per heavy atom. The van der Waals surface area contributed by atoms with Crippen molar-refractivity contribution in [3.63, 3.8) is 0 Å². The summed E-state index contributed by atoms with van der Waals surface area (Å²) in [4.78, 5) is 21.9. The smallest absolute Gasteiger partial charge is 0.305 e. The molecule has 0 saturated heterocycles. The number of hydrogen-bond donors (Lipinski definition) is 0. The van der Waals surface area contributed by atoms with E-state index in [2.05, 4.69) is 25.1 Å². The van der Waals surface area contributed by atoms with Crippen LogP contribution >= 0.6 is 0 Å². The van der Waals surface area contributed by atoms with Crippen molar-refractivity contribution in [3.05, 3.63) is 59.8 Å². The second kappa shape index (κ2) is 6.52. The van der Waals surface area contributed by atoms with E-state index < -0.39 is 0 Å². The van der Waals surface area contributed by atoms with Gasteiger partial charge in [0.1, 0.15) is 0 Å². The maximum Gasteiger partial charge on any atom is 0.305 e. The predicted molar refractivity (Wildman–Crippen MR) is 102 cm³/mol. The second-order valence-electron chi connectivity index (χ2n) is 6.86. The second-order valence-corrected chi connectivity index (χ2v) is 6.86. The molecule has 1 atom stereocenters. The van der Waals surface area contributed by atoms with Crippen LogP contribution in [0, 0.1) is 0 Å². The van der Waals surface area contributed by atoms with Crippen LogP contribution in [-0.2, 0) is 14.9 Å². The summed E-state index contributed by atoms with van der Waals surface area (Å²) >= 11 is 0. The molecule has 0 bridgehead atoms. The molecule has 1 heterocycles. The Morgan fingerprint density at radius 2 is 1.69 bits per heavy atom. The van der Waals surface area contributed by atoms with Crippen molar-refractivity contribution in [2.24, 2.45) is 0 Å². The van der Waals surface area contributed by atoms with Gasteiger partial charge in [0.25, 0.3) is 0 Å². The lowest BCUT2D eigenvalue weighted by molar-refractivity contribution is -0.141. The number of hydrogen-bond acceptors (Lipinski definition) is 4. The van der Waals surface area contributed by atoms with Crippen molar-refractivity contribution in [1.82, 2.24) is 9.97 Å². The standard InChI is InChI=1S/C22H22N2O2/c1-3-13-22(14-12-19(25)26-2)16-9-5-4-8-15(16)20-21(22)24-18-11-7-6-10-17(18)23-20/h4-11H,3,12-14H2,1-2H3. The first kappa shape index (κ1) is 16.7. The van der Waals surface area contributed by atoms with Gasteiger partial charge in [0, 0.05) is 17.4 Å². The molecule has 0 aliphatic heterocycles. The average Bonchev–Trinajstić information content (AvgIpc) is 2.95. The Balaban J connectivity index is 1.96. The Labute approximate surface area is 153 Å². The highest BCUT2D eigenvalue weighted by Gasteiger charge is 2.45. The number of ether oxygens (including phenoxy) is 1. The fourth-order valence-electron chi connectivity index (χ4n) is 4.23. The minimum Gasteiger partial charge on any atom is -0.469 e. The number of nitrogens with zero attached hydrogens (tertiary/aromatic N) is 2. The number of carbonyl (C=O) groups is 1. The quantitative estimate of drug-likeness (QED) is 0.631. The molecule has 4 rings (SSSR count). The Hall–Kier alpha value is -2.75. The molecule has 0 saturated carbocycles. The monoisotopic (exact) mass is 346 g/mol. The van der Waals surface area contributed by atoms with Crippen LogP contribution in [0.25, 0.3) is 22.3 Å². The molecule has 3 aromatic rings. The molecule has 1 aliphatic carbocycles. The van der Waals surface area contributed by atoms with E-state index in [-0.39, 0.29) is 11.4 Å². The topological polar surface area (TPSA) is 52.1 Å². The summed E-state index contributed by atoms with van der Waals surface area (Å²) in [6, 6.07) is 16.4. The molecule has 26 heavy (non-hydrogen) atoms. The third-order valence-corrected chi connectivity index (χ3v) is 5.38. The van der Waals surface area contributed by atoms with Gasteiger partial charge < -0.3 is 4.74 Å². The average molecular weight is 346 g/mol. The molecular formula is C22H22N2O2. The Bertz CT molecular complexity index is 983. The molecule has 0 N–H and O–H groups in total. The van der Waals surface area contributed by atoms with Crippen molar-refractivity contribution in [2.45, 2.75) is 38.0 Å². The molecular weight excluding hydrogens is 324 g/mol. The normalized spacial score (nSPS) is 17.8. The number of aromatic nitrogens is 2. The minimum atomic E-state index is -0.286. The first-order chi connectivity index (χ1) is 12.7. The first-order valence-electron chi connectivity index (χ1n) is 9.13. The molecule has 0 radical (unpaired) electrons. The summed E-state index contributed by atoms with van der Waals surface area (Å²) < 4.78 is 4.90. The zero-order valence-electron chi connectivity index (χ0n) is 15.2. The van der Waals surface area contributed by atoms with Crippen LogP contribution in [0.2, 0.25) is 0 Å². The van der Waals surface area contributed by atoms with Crippen LogP contribution in [0.5, 0.6) is 0 Å². The van der Waals surface area contributed by atoms with Crippen molar-refractivity contribution >= 4 is 17.0 Å². The van der Waals surface area contributed by atoms with Crippen LogP contribution in [-0.4, -0.2) is 23.0 Å². The van der Waals surface area contributed by atoms with Crippen LogP contribution < -0.4 is 0 Å². The van der Waals surface area contributed by atoms with Gasteiger partial charge in [0.05, 0.1) is 29.5 Å². The van der Waals surface area contributed by atoms with E-state index in [9.17, 15) is 4.79 Å². The fourth-order valence-corrected chi connectivity index (χ4v) is 4.23. The SMILES string of the molecule is CCCC1(CCC(=O)OC)c2ccccc2-c2nc3ccccc3nc21. The van der Waals surface area contributed by atoms with Crippen molar-refractivity contribution < 1.29 is 9.53 Å². The molecule has 1 aliphatic rings. The number of methoxy groups -OCH3 is 1. The van der Waals surface area contributed by atoms with E-state index in [1.807, 2.05) is 30.3 Å². The van der Waals surface area contributed by atoms with Crippen LogP contribution in [0.3, 0.4) is 0 Å². The van der Waals surface area contributed by atoms with E-state index in [1.54, 1.807) is 0 Å².